The lowest BCUT2D eigenvalue weighted by Gasteiger charge is -2.07. The molecule has 1 rings (SSSR count). The van der Waals surface area contributed by atoms with Gasteiger partial charge in [0.15, 0.2) is 5.82 Å². The third-order valence-electron chi connectivity index (χ3n) is 1.81. The molecule has 84 valence electrons. The molecule has 0 N–H and O–H groups in total. The van der Waals surface area contributed by atoms with Gasteiger partial charge in [0.1, 0.15) is 0 Å². The van der Waals surface area contributed by atoms with Crippen molar-refractivity contribution in [3.8, 4) is 5.88 Å². The summed E-state index contributed by atoms with van der Waals surface area (Å²) in [5.41, 5.74) is 0.397. The minimum absolute atomic E-state index is 0.00394. The average molecular weight is 234 g/mol. The van der Waals surface area contributed by atoms with Crippen molar-refractivity contribution in [3.05, 3.63) is 23.6 Å². The number of nitrogens with zero attached hydrogens (tertiary/aromatic N) is 1. The highest BCUT2D eigenvalue weighted by atomic mass is 35.5. The number of rotatable bonds is 6. The summed E-state index contributed by atoms with van der Waals surface area (Å²) in [7, 11) is 1.60. The molecule has 5 heteroatoms. The molecule has 0 spiro atoms. The molecule has 0 aliphatic heterocycles. The molecule has 1 aromatic heterocycles. The smallest absolute Gasteiger partial charge is 0.250 e. The van der Waals surface area contributed by atoms with Crippen molar-refractivity contribution in [2.75, 3.05) is 20.3 Å². The van der Waals surface area contributed by atoms with Crippen LogP contribution < -0.4 is 4.74 Å². The van der Waals surface area contributed by atoms with E-state index >= 15 is 0 Å². The second-order valence-corrected chi connectivity index (χ2v) is 3.18. The van der Waals surface area contributed by atoms with Crippen LogP contribution in [0.25, 0.3) is 0 Å². The molecule has 1 heterocycles. The Labute approximate surface area is 93.2 Å². The molecule has 0 saturated heterocycles. The van der Waals surface area contributed by atoms with E-state index in [1.165, 1.54) is 12.3 Å². The molecule has 0 unspecified atom stereocenters. The van der Waals surface area contributed by atoms with E-state index in [-0.39, 0.29) is 11.8 Å². The number of hydrogen-bond donors (Lipinski definition) is 0. The topological polar surface area (TPSA) is 31.4 Å². The van der Waals surface area contributed by atoms with Crippen LogP contribution in [-0.4, -0.2) is 25.3 Å². The van der Waals surface area contributed by atoms with Crippen LogP contribution in [0.4, 0.5) is 4.39 Å². The van der Waals surface area contributed by atoms with Crippen molar-refractivity contribution in [2.24, 2.45) is 0 Å². The zero-order valence-electron chi connectivity index (χ0n) is 8.50. The molecule has 0 bridgehead atoms. The Balaban J connectivity index is 2.53. The van der Waals surface area contributed by atoms with Crippen LogP contribution in [0, 0.1) is 5.82 Å². The van der Waals surface area contributed by atoms with E-state index in [0.717, 1.165) is 0 Å². The van der Waals surface area contributed by atoms with Gasteiger partial charge in [-0.1, -0.05) is 0 Å². The first-order valence-corrected chi connectivity index (χ1v) is 5.14. The SMILES string of the molecule is COCCCOc1nccc(CCl)c1F. The maximum atomic E-state index is 13.5. The predicted octanol–water partition coefficient (Wildman–Crippen LogP) is 2.37. The first-order chi connectivity index (χ1) is 7.29. The Kier molecular flexibility index (Phi) is 5.36. The normalized spacial score (nSPS) is 10.3. The summed E-state index contributed by atoms with van der Waals surface area (Å²) in [6.45, 7) is 0.959. The fourth-order valence-electron chi connectivity index (χ4n) is 1.04. The molecule has 0 aromatic carbocycles. The van der Waals surface area contributed by atoms with Gasteiger partial charge in [-0.05, 0) is 6.07 Å². The monoisotopic (exact) mass is 233 g/mol. The Hall–Kier alpha value is -0.870. The molecule has 0 fully saturated rings. The fraction of sp³-hybridized carbons (Fsp3) is 0.500. The first kappa shape index (κ1) is 12.2. The van der Waals surface area contributed by atoms with Gasteiger partial charge in [0.25, 0.3) is 5.88 Å². The van der Waals surface area contributed by atoms with Gasteiger partial charge in [0.2, 0.25) is 0 Å². The molecule has 0 amide bonds. The van der Waals surface area contributed by atoms with Gasteiger partial charge in [0, 0.05) is 31.9 Å². The summed E-state index contributed by atoms with van der Waals surface area (Å²) in [6.07, 6.45) is 2.18. The lowest BCUT2D eigenvalue weighted by atomic mass is 10.3. The van der Waals surface area contributed by atoms with Crippen LogP contribution in [0.15, 0.2) is 12.3 Å². The van der Waals surface area contributed by atoms with Gasteiger partial charge < -0.3 is 9.47 Å². The first-order valence-electron chi connectivity index (χ1n) is 4.60. The number of aromatic nitrogens is 1. The van der Waals surface area contributed by atoms with Crippen LogP contribution in [0.1, 0.15) is 12.0 Å². The third kappa shape index (κ3) is 3.64. The van der Waals surface area contributed by atoms with E-state index in [1.54, 1.807) is 7.11 Å². The molecule has 0 atom stereocenters. The third-order valence-corrected chi connectivity index (χ3v) is 2.10. The highest BCUT2D eigenvalue weighted by molar-refractivity contribution is 6.17. The molecular formula is C10H13ClFNO2. The highest BCUT2D eigenvalue weighted by Gasteiger charge is 2.09. The average Bonchev–Trinajstić information content (AvgIpc) is 2.26. The van der Waals surface area contributed by atoms with E-state index in [4.69, 9.17) is 21.1 Å². The molecule has 15 heavy (non-hydrogen) atoms. The van der Waals surface area contributed by atoms with Crippen molar-refractivity contribution in [2.45, 2.75) is 12.3 Å². The fourth-order valence-corrected chi connectivity index (χ4v) is 1.24. The van der Waals surface area contributed by atoms with Gasteiger partial charge in [-0.3, -0.25) is 0 Å². The minimum atomic E-state index is -0.482. The Morgan fingerprint density at radius 1 is 1.47 bits per heavy atom. The maximum absolute atomic E-state index is 13.5. The second kappa shape index (κ2) is 6.58. The van der Waals surface area contributed by atoms with E-state index in [0.29, 0.717) is 25.2 Å². The predicted molar refractivity (Wildman–Crippen MR) is 55.7 cm³/mol. The summed E-state index contributed by atoms with van der Waals surface area (Å²) in [5.74, 6) is -0.364. The number of methoxy groups -OCH3 is 1. The van der Waals surface area contributed by atoms with Gasteiger partial charge >= 0.3 is 0 Å². The summed E-state index contributed by atoms with van der Waals surface area (Å²) >= 11 is 5.54. The zero-order chi connectivity index (χ0) is 11.1. The van der Waals surface area contributed by atoms with Crippen LogP contribution in [-0.2, 0) is 10.6 Å². The van der Waals surface area contributed by atoms with Crippen molar-refractivity contribution in [1.82, 2.24) is 4.98 Å². The number of pyridine rings is 1. The molecule has 0 radical (unpaired) electrons. The largest absolute Gasteiger partial charge is 0.475 e. The lowest BCUT2D eigenvalue weighted by Crippen LogP contribution is -2.05. The van der Waals surface area contributed by atoms with Gasteiger partial charge in [-0.15, -0.1) is 11.6 Å². The van der Waals surface area contributed by atoms with E-state index < -0.39 is 5.82 Å². The number of halogens is 2. The maximum Gasteiger partial charge on any atom is 0.250 e. The van der Waals surface area contributed by atoms with Crippen LogP contribution in [0.3, 0.4) is 0 Å². The Morgan fingerprint density at radius 3 is 2.93 bits per heavy atom. The van der Waals surface area contributed by atoms with Crippen molar-refractivity contribution in [3.63, 3.8) is 0 Å². The van der Waals surface area contributed by atoms with Gasteiger partial charge in [0.05, 0.1) is 12.5 Å². The lowest BCUT2D eigenvalue weighted by molar-refractivity contribution is 0.168. The molecule has 1 aromatic rings. The molecule has 3 nitrogen and oxygen atoms in total. The summed E-state index contributed by atoms with van der Waals surface area (Å²) in [4.78, 5) is 3.79. The molecule has 0 aliphatic rings. The van der Waals surface area contributed by atoms with Gasteiger partial charge in [-0.25, -0.2) is 9.37 Å². The van der Waals surface area contributed by atoms with Crippen molar-refractivity contribution in [1.29, 1.82) is 0 Å². The Morgan fingerprint density at radius 2 is 2.27 bits per heavy atom. The quantitative estimate of drug-likeness (QED) is 0.559. The second-order valence-electron chi connectivity index (χ2n) is 2.92. The minimum Gasteiger partial charge on any atom is -0.475 e. The summed E-state index contributed by atoms with van der Waals surface area (Å²) in [5, 5.41) is 0. The Bertz CT molecular complexity index is 309. The van der Waals surface area contributed by atoms with Gasteiger partial charge in [-0.2, -0.15) is 0 Å². The summed E-state index contributed by atoms with van der Waals surface area (Å²) in [6, 6.07) is 1.53. The number of alkyl halides is 1. The van der Waals surface area contributed by atoms with Crippen molar-refractivity contribution < 1.29 is 13.9 Å². The van der Waals surface area contributed by atoms with E-state index in [2.05, 4.69) is 4.98 Å². The molecule has 0 saturated carbocycles. The van der Waals surface area contributed by atoms with E-state index in [9.17, 15) is 4.39 Å². The van der Waals surface area contributed by atoms with Crippen LogP contribution in [0.2, 0.25) is 0 Å². The summed E-state index contributed by atoms with van der Waals surface area (Å²) < 4.78 is 23.5. The van der Waals surface area contributed by atoms with Crippen molar-refractivity contribution >= 4 is 11.6 Å². The highest BCUT2D eigenvalue weighted by Crippen LogP contribution is 2.18. The van der Waals surface area contributed by atoms with Crippen LogP contribution >= 0.6 is 11.6 Å². The van der Waals surface area contributed by atoms with Crippen LogP contribution in [0.5, 0.6) is 5.88 Å². The zero-order valence-corrected chi connectivity index (χ0v) is 9.26. The number of ether oxygens (including phenoxy) is 2. The molecular weight excluding hydrogens is 221 g/mol. The number of hydrogen-bond acceptors (Lipinski definition) is 3. The molecule has 0 aliphatic carbocycles. The van der Waals surface area contributed by atoms with E-state index in [1.807, 2.05) is 0 Å². The standard InChI is InChI=1S/C10H13ClFNO2/c1-14-5-2-6-15-10-9(12)8(7-11)3-4-13-10/h3-4H,2,5-7H2,1H3.